The van der Waals surface area contributed by atoms with E-state index in [4.69, 9.17) is 11.6 Å². The molecule has 0 spiro atoms. The van der Waals surface area contributed by atoms with Crippen molar-refractivity contribution in [3.8, 4) is 0 Å². The lowest BCUT2D eigenvalue weighted by Gasteiger charge is -2.09. The Labute approximate surface area is 144 Å². The number of benzene rings is 1. The number of nitrogens with zero attached hydrogens (tertiary/aromatic N) is 3. The maximum Gasteiger partial charge on any atom is 0.270 e. The summed E-state index contributed by atoms with van der Waals surface area (Å²) in [5.41, 5.74) is 9.60. The summed E-state index contributed by atoms with van der Waals surface area (Å²) < 4.78 is 13.5. The molecule has 1 aromatic carbocycles. The molecule has 0 saturated heterocycles. The summed E-state index contributed by atoms with van der Waals surface area (Å²) in [4.78, 5) is 20.5. The number of amides is 1. The van der Waals surface area contributed by atoms with E-state index in [2.05, 4.69) is 25.9 Å². The molecule has 8 nitrogen and oxygen atoms in total. The zero-order valence-electron chi connectivity index (χ0n) is 14.0. The van der Waals surface area contributed by atoms with Gasteiger partial charge in [0, 0.05) is 6.54 Å². The molecule has 9 heteroatoms. The summed E-state index contributed by atoms with van der Waals surface area (Å²) in [6, 6.07) is 6.16. The molecule has 0 aliphatic heterocycles. The van der Waals surface area contributed by atoms with Crippen LogP contribution in [0.25, 0.3) is 0 Å². The van der Waals surface area contributed by atoms with Crippen molar-refractivity contribution in [2.45, 2.75) is 26.8 Å². The van der Waals surface area contributed by atoms with E-state index in [1.165, 1.54) is 12.1 Å². The van der Waals surface area contributed by atoms with Crippen molar-refractivity contribution >= 4 is 11.7 Å². The predicted octanol–water partition coefficient (Wildman–Crippen LogP) is 0.500. The number of amidine groups is 1. The van der Waals surface area contributed by atoms with Crippen molar-refractivity contribution in [1.29, 1.82) is 0 Å². The van der Waals surface area contributed by atoms with Gasteiger partial charge in [0.1, 0.15) is 23.0 Å². The largest absolute Gasteiger partial charge is 0.380 e. The van der Waals surface area contributed by atoms with Gasteiger partial charge in [0.25, 0.3) is 5.91 Å². The minimum Gasteiger partial charge on any atom is -0.380 e. The molecule has 0 unspecified atom stereocenters. The molecule has 1 amide bonds. The highest BCUT2D eigenvalue weighted by Crippen LogP contribution is 2.11. The van der Waals surface area contributed by atoms with E-state index in [0.29, 0.717) is 17.8 Å². The number of hydrogen-bond acceptors (Lipinski definition) is 6. The first-order valence-electron chi connectivity index (χ1n) is 7.65. The number of nitrogens with two attached hydrogens (primary N) is 2. The van der Waals surface area contributed by atoms with E-state index in [1.54, 1.807) is 19.1 Å². The van der Waals surface area contributed by atoms with Crippen LogP contribution in [-0.2, 0) is 13.0 Å². The molecule has 2 aromatic rings. The normalized spacial score (nSPS) is 11.3. The van der Waals surface area contributed by atoms with Gasteiger partial charge in [0.15, 0.2) is 5.84 Å². The summed E-state index contributed by atoms with van der Waals surface area (Å²) >= 11 is 0. The smallest absolute Gasteiger partial charge is 0.270 e. The van der Waals surface area contributed by atoms with E-state index < -0.39 is 5.91 Å². The fraction of sp³-hybridized carbons (Fsp3) is 0.250. The molecule has 0 saturated carbocycles. The minimum atomic E-state index is -0.400. The monoisotopic (exact) mass is 345 g/mol. The van der Waals surface area contributed by atoms with E-state index in [9.17, 15) is 9.18 Å². The fourth-order valence-corrected chi connectivity index (χ4v) is 2.22. The summed E-state index contributed by atoms with van der Waals surface area (Å²) in [6.07, 6.45) is 0.579. The maximum absolute atomic E-state index is 13.5. The lowest BCUT2D eigenvalue weighted by Crippen LogP contribution is -2.27. The zero-order chi connectivity index (χ0) is 18.4. The van der Waals surface area contributed by atoms with Gasteiger partial charge in [-0.05, 0) is 36.6 Å². The number of hydrazine groups is 1. The van der Waals surface area contributed by atoms with Gasteiger partial charge in [-0.3, -0.25) is 4.79 Å². The van der Waals surface area contributed by atoms with Crippen LogP contribution in [0.4, 0.5) is 4.39 Å². The number of hydrazone groups is 1. The van der Waals surface area contributed by atoms with Crippen LogP contribution in [0.3, 0.4) is 0 Å². The molecule has 0 radical (unpaired) electrons. The van der Waals surface area contributed by atoms with Crippen LogP contribution in [-0.4, -0.2) is 21.7 Å². The number of halogens is 1. The average molecular weight is 345 g/mol. The molecule has 1 heterocycles. The van der Waals surface area contributed by atoms with Gasteiger partial charge >= 0.3 is 0 Å². The van der Waals surface area contributed by atoms with Crippen molar-refractivity contribution < 1.29 is 9.18 Å². The van der Waals surface area contributed by atoms with Crippen molar-refractivity contribution in [3.05, 3.63) is 58.4 Å². The number of hydrogen-bond donors (Lipinski definition) is 4. The first-order valence-corrected chi connectivity index (χ1v) is 7.65. The van der Waals surface area contributed by atoms with Crippen molar-refractivity contribution in [1.82, 2.24) is 20.8 Å². The number of rotatable bonds is 6. The number of aryl methyl sites for hydroxylation is 2. The predicted molar refractivity (Wildman–Crippen MR) is 91.8 cm³/mol. The Morgan fingerprint density at radius 2 is 2.00 bits per heavy atom. The standard InChI is InChI=1S/C16H20FN7O/c1-3-11-6-10(4-5-12(11)17)8-20-16(25)14-7-13(15(18)23-24-19)21-9(2)22-14/h4-7,24H,3,8,19H2,1-2H3,(H2,18,23)(H,20,25). The van der Waals surface area contributed by atoms with Crippen molar-refractivity contribution in [2.75, 3.05) is 0 Å². The highest BCUT2D eigenvalue weighted by molar-refractivity contribution is 5.99. The lowest BCUT2D eigenvalue weighted by atomic mass is 10.1. The van der Waals surface area contributed by atoms with Crippen LogP contribution in [0, 0.1) is 12.7 Å². The Hall–Kier alpha value is -3.07. The molecule has 0 atom stereocenters. The molecule has 25 heavy (non-hydrogen) atoms. The number of carbonyl (C=O) groups is 1. The lowest BCUT2D eigenvalue weighted by molar-refractivity contribution is 0.0945. The second-order valence-electron chi connectivity index (χ2n) is 5.27. The van der Waals surface area contributed by atoms with E-state index in [1.807, 2.05) is 6.92 Å². The molecule has 0 bridgehead atoms. The third-order valence-corrected chi connectivity index (χ3v) is 3.46. The summed E-state index contributed by atoms with van der Waals surface area (Å²) in [7, 11) is 0. The molecule has 1 aromatic heterocycles. The highest BCUT2D eigenvalue weighted by Gasteiger charge is 2.12. The topological polar surface area (TPSA) is 131 Å². The Morgan fingerprint density at radius 3 is 2.68 bits per heavy atom. The molecule has 0 fully saturated rings. The Kier molecular flexibility index (Phi) is 5.96. The van der Waals surface area contributed by atoms with Crippen LogP contribution < -0.4 is 22.4 Å². The van der Waals surface area contributed by atoms with Gasteiger partial charge in [0.2, 0.25) is 0 Å². The second kappa shape index (κ2) is 8.15. The van der Waals surface area contributed by atoms with Gasteiger partial charge in [-0.2, -0.15) is 0 Å². The number of carbonyl (C=O) groups excluding carboxylic acids is 1. The van der Waals surface area contributed by atoms with Crippen LogP contribution in [0.15, 0.2) is 29.4 Å². The molecule has 6 N–H and O–H groups in total. The first-order chi connectivity index (χ1) is 11.9. The Morgan fingerprint density at radius 1 is 1.28 bits per heavy atom. The van der Waals surface area contributed by atoms with Gasteiger partial charge in [0.05, 0.1) is 0 Å². The molecule has 132 valence electrons. The van der Waals surface area contributed by atoms with E-state index >= 15 is 0 Å². The Bertz CT molecular complexity index is 807. The maximum atomic E-state index is 13.5. The molecule has 0 aliphatic carbocycles. The summed E-state index contributed by atoms with van der Waals surface area (Å²) in [5, 5.41) is 6.36. The molecular formula is C16H20FN7O. The van der Waals surface area contributed by atoms with Crippen LogP contribution in [0.5, 0.6) is 0 Å². The molecule has 2 rings (SSSR count). The van der Waals surface area contributed by atoms with Crippen molar-refractivity contribution in [3.63, 3.8) is 0 Å². The van der Waals surface area contributed by atoms with Gasteiger partial charge in [-0.1, -0.05) is 19.1 Å². The fourth-order valence-electron chi connectivity index (χ4n) is 2.22. The summed E-state index contributed by atoms with van der Waals surface area (Å²) in [6.45, 7) is 3.75. The van der Waals surface area contributed by atoms with Gasteiger partial charge in [-0.25, -0.2) is 25.7 Å². The Balaban J connectivity index is 2.14. The van der Waals surface area contributed by atoms with Crippen LogP contribution in [0.2, 0.25) is 0 Å². The third-order valence-electron chi connectivity index (χ3n) is 3.46. The van der Waals surface area contributed by atoms with Crippen LogP contribution >= 0.6 is 0 Å². The SMILES string of the molecule is CCc1cc(CNC(=O)c2cc(/C(N)=N/NN)nc(C)n2)ccc1F. The summed E-state index contributed by atoms with van der Waals surface area (Å²) in [5.74, 6) is 4.83. The molecular weight excluding hydrogens is 325 g/mol. The van der Waals surface area contributed by atoms with E-state index in [-0.39, 0.29) is 29.6 Å². The number of aromatic nitrogens is 2. The van der Waals surface area contributed by atoms with Crippen LogP contribution in [0.1, 0.15) is 40.1 Å². The quantitative estimate of drug-likeness (QED) is 0.261. The van der Waals surface area contributed by atoms with E-state index in [0.717, 1.165) is 5.56 Å². The first kappa shape index (κ1) is 18.3. The molecule has 0 aliphatic rings. The van der Waals surface area contributed by atoms with Crippen molar-refractivity contribution in [2.24, 2.45) is 16.7 Å². The van der Waals surface area contributed by atoms with Gasteiger partial charge in [-0.15, -0.1) is 5.10 Å². The number of nitrogens with one attached hydrogen (secondary N) is 2. The highest BCUT2D eigenvalue weighted by atomic mass is 19.1. The zero-order valence-corrected chi connectivity index (χ0v) is 14.0. The third kappa shape index (κ3) is 4.70. The minimum absolute atomic E-state index is 0.0353. The van der Waals surface area contributed by atoms with Gasteiger partial charge < -0.3 is 11.1 Å². The second-order valence-corrected chi connectivity index (χ2v) is 5.27. The average Bonchev–Trinajstić information content (AvgIpc) is 2.60.